The van der Waals surface area contributed by atoms with E-state index in [1.807, 2.05) is 67.7 Å². The number of carbonyl (C=O) groups excluding carboxylic acids is 3. The summed E-state index contributed by atoms with van der Waals surface area (Å²) in [6, 6.07) is 12.7. The summed E-state index contributed by atoms with van der Waals surface area (Å²) in [5.74, 6) is -3.16. The van der Waals surface area contributed by atoms with E-state index in [0.717, 1.165) is 22.0 Å². The van der Waals surface area contributed by atoms with Crippen LogP contribution in [0.3, 0.4) is 0 Å². The number of benzene rings is 2. The Bertz CT molecular complexity index is 1290. The lowest BCUT2D eigenvalue weighted by molar-refractivity contribution is -0.143. The number of aromatic amines is 1. The molecular weight excluding hydrogens is 498 g/mol. The summed E-state index contributed by atoms with van der Waals surface area (Å²) in [6.07, 6.45) is 2.78. The first kappa shape index (κ1) is 29.4. The van der Waals surface area contributed by atoms with E-state index in [4.69, 9.17) is 5.73 Å². The molecule has 10 heteroatoms. The molecule has 3 rings (SSSR count). The Balaban J connectivity index is 1.66. The first-order valence-electron chi connectivity index (χ1n) is 13.1. The van der Waals surface area contributed by atoms with Gasteiger partial charge in [0.25, 0.3) is 0 Å². The van der Waals surface area contributed by atoms with Gasteiger partial charge >= 0.3 is 5.97 Å². The van der Waals surface area contributed by atoms with Gasteiger partial charge in [0.2, 0.25) is 17.7 Å². The van der Waals surface area contributed by atoms with Gasteiger partial charge in [0.15, 0.2) is 0 Å². The van der Waals surface area contributed by atoms with Crippen LogP contribution in [0.5, 0.6) is 0 Å². The second-order valence-corrected chi connectivity index (χ2v) is 9.86. The summed E-state index contributed by atoms with van der Waals surface area (Å²) in [5, 5.41) is 18.4. The predicted molar refractivity (Wildman–Crippen MR) is 149 cm³/mol. The lowest BCUT2D eigenvalue weighted by Gasteiger charge is -2.25. The van der Waals surface area contributed by atoms with Crippen LogP contribution in [0, 0.1) is 5.92 Å². The summed E-state index contributed by atoms with van der Waals surface area (Å²) in [4.78, 5) is 53.9. The number of H-pyrrole nitrogens is 1. The summed E-state index contributed by atoms with van der Waals surface area (Å²) >= 11 is 0. The van der Waals surface area contributed by atoms with E-state index in [2.05, 4.69) is 20.9 Å². The van der Waals surface area contributed by atoms with Crippen molar-refractivity contribution in [2.24, 2.45) is 11.7 Å². The second kappa shape index (κ2) is 13.6. The number of carboxylic acids is 1. The number of amides is 3. The molecule has 208 valence electrons. The van der Waals surface area contributed by atoms with Crippen LogP contribution >= 0.6 is 0 Å². The van der Waals surface area contributed by atoms with Crippen LogP contribution in [0.4, 0.5) is 0 Å². The molecule has 0 bridgehead atoms. The molecule has 0 aliphatic rings. The molecule has 5 unspecified atom stereocenters. The molecular formula is C29H37N5O5. The Hall–Kier alpha value is -4.18. The summed E-state index contributed by atoms with van der Waals surface area (Å²) in [5.41, 5.74) is 8.76. The Morgan fingerprint density at radius 2 is 1.54 bits per heavy atom. The molecule has 1 heterocycles. The third-order valence-electron chi connectivity index (χ3n) is 6.90. The molecule has 0 spiro atoms. The maximum absolute atomic E-state index is 13.2. The van der Waals surface area contributed by atoms with Crippen molar-refractivity contribution in [3.63, 3.8) is 0 Å². The number of nitrogens with one attached hydrogen (secondary N) is 4. The van der Waals surface area contributed by atoms with Crippen molar-refractivity contribution in [2.75, 3.05) is 0 Å². The van der Waals surface area contributed by atoms with Crippen LogP contribution in [-0.4, -0.2) is 57.9 Å². The topological polar surface area (TPSA) is 166 Å². The smallest absolute Gasteiger partial charge is 0.326 e. The van der Waals surface area contributed by atoms with E-state index in [1.54, 1.807) is 6.92 Å². The molecule has 2 aromatic carbocycles. The summed E-state index contributed by atoms with van der Waals surface area (Å²) < 4.78 is 0. The Morgan fingerprint density at radius 3 is 2.21 bits per heavy atom. The number of hydrogen-bond acceptors (Lipinski definition) is 5. The number of carbonyl (C=O) groups is 4. The molecule has 3 aromatic rings. The molecule has 0 saturated carbocycles. The number of rotatable bonds is 13. The van der Waals surface area contributed by atoms with Crippen LogP contribution in [0.15, 0.2) is 60.8 Å². The van der Waals surface area contributed by atoms with Gasteiger partial charge in [-0.15, -0.1) is 0 Å². The zero-order chi connectivity index (χ0) is 28.5. The van der Waals surface area contributed by atoms with Gasteiger partial charge in [-0.1, -0.05) is 68.8 Å². The average molecular weight is 536 g/mol. The highest BCUT2D eigenvalue weighted by Gasteiger charge is 2.31. The van der Waals surface area contributed by atoms with E-state index in [-0.39, 0.29) is 18.8 Å². The number of carboxylic acid groups (broad SMARTS) is 1. The number of para-hydroxylation sites is 1. The van der Waals surface area contributed by atoms with Crippen LogP contribution in [0.2, 0.25) is 0 Å². The Labute approximate surface area is 227 Å². The van der Waals surface area contributed by atoms with Crippen LogP contribution < -0.4 is 21.7 Å². The normalized spacial score (nSPS) is 15.0. The van der Waals surface area contributed by atoms with E-state index in [9.17, 15) is 24.3 Å². The van der Waals surface area contributed by atoms with Gasteiger partial charge < -0.3 is 31.8 Å². The monoisotopic (exact) mass is 535 g/mol. The van der Waals surface area contributed by atoms with Crippen molar-refractivity contribution in [1.82, 2.24) is 20.9 Å². The van der Waals surface area contributed by atoms with E-state index in [1.165, 1.54) is 6.92 Å². The molecule has 7 N–H and O–H groups in total. The molecule has 3 amide bonds. The van der Waals surface area contributed by atoms with Crippen LogP contribution in [0.1, 0.15) is 38.3 Å². The van der Waals surface area contributed by atoms with Gasteiger partial charge in [0, 0.05) is 23.5 Å². The number of aromatic nitrogens is 1. The fourth-order valence-electron chi connectivity index (χ4n) is 4.31. The minimum atomic E-state index is -1.15. The SMILES string of the molecule is CCC(C)C(NC(=O)C(Cc1ccccc1)NC(=O)C(C)NC(=O)C(N)Cc1c[nH]c2ccccc12)C(=O)O. The average Bonchev–Trinajstić information content (AvgIpc) is 3.33. The minimum Gasteiger partial charge on any atom is -0.480 e. The van der Waals surface area contributed by atoms with Crippen LogP contribution in [-0.2, 0) is 32.0 Å². The molecule has 0 aliphatic heterocycles. The maximum Gasteiger partial charge on any atom is 0.326 e. The molecule has 0 fully saturated rings. The zero-order valence-corrected chi connectivity index (χ0v) is 22.4. The number of nitrogens with two attached hydrogens (primary N) is 1. The van der Waals surface area contributed by atoms with Gasteiger partial charge in [-0.3, -0.25) is 14.4 Å². The Morgan fingerprint density at radius 1 is 0.872 bits per heavy atom. The first-order valence-corrected chi connectivity index (χ1v) is 13.1. The summed E-state index contributed by atoms with van der Waals surface area (Å²) in [6.45, 7) is 5.08. The Kier molecular flexibility index (Phi) is 10.2. The van der Waals surface area contributed by atoms with Gasteiger partial charge in [0.1, 0.15) is 18.1 Å². The van der Waals surface area contributed by atoms with Crippen molar-refractivity contribution >= 4 is 34.6 Å². The standard InChI is InChI=1S/C29H37N5O5/c1-4-17(2)25(29(38)39)34-28(37)24(14-19-10-6-5-7-11-19)33-26(35)18(3)32-27(36)22(30)15-20-16-31-23-13-9-8-12-21(20)23/h5-13,16-18,22,24-25,31H,4,14-15,30H2,1-3H3,(H,32,36)(H,33,35)(H,34,37)(H,38,39). The highest BCUT2D eigenvalue weighted by atomic mass is 16.4. The fraction of sp³-hybridized carbons (Fsp3) is 0.379. The lowest BCUT2D eigenvalue weighted by atomic mass is 9.98. The maximum atomic E-state index is 13.2. The lowest BCUT2D eigenvalue weighted by Crippen LogP contribution is -2.57. The summed E-state index contributed by atoms with van der Waals surface area (Å²) in [7, 11) is 0. The largest absolute Gasteiger partial charge is 0.480 e. The third-order valence-corrected chi connectivity index (χ3v) is 6.90. The number of hydrogen-bond donors (Lipinski definition) is 6. The molecule has 39 heavy (non-hydrogen) atoms. The highest BCUT2D eigenvalue weighted by Crippen LogP contribution is 2.19. The number of aliphatic carboxylic acids is 1. The van der Waals surface area contributed by atoms with Crippen molar-refractivity contribution in [3.05, 3.63) is 71.9 Å². The van der Waals surface area contributed by atoms with Gasteiger partial charge in [-0.05, 0) is 36.5 Å². The van der Waals surface area contributed by atoms with Crippen molar-refractivity contribution < 1.29 is 24.3 Å². The van der Waals surface area contributed by atoms with Gasteiger partial charge in [-0.2, -0.15) is 0 Å². The van der Waals surface area contributed by atoms with Gasteiger partial charge in [0.05, 0.1) is 6.04 Å². The number of fused-ring (bicyclic) bond motifs is 1. The van der Waals surface area contributed by atoms with Crippen molar-refractivity contribution in [1.29, 1.82) is 0 Å². The zero-order valence-electron chi connectivity index (χ0n) is 22.4. The molecule has 0 radical (unpaired) electrons. The minimum absolute atomic E-state index is 0.145. The van der Waals surface area contributed by atoms with Gasteiger partial charge in [-0.25, -0.2) is 4.79 Å². The first-order chi connectivity index (χ1) is 18.6. The molecule has 5 atom stereocenters. The molecule has 0 saturated heterocycles. The fourth-order valence-corrected chi connectivity index (χ4v) is 4.31. The van der Waals surface area contributed by atoms with E-state index in [0.29, 0.717) is 6.42 Å². The van der Waals surface area contributed by atoms with E-state index < -0.39 is 47.9 Å². The highest BCUT2D eigenvalue weighted by molar-refractivity contribution is 5.94. The van der Waals surface area contributed by atoms with Crippen molar-refractivity contribution in [3.8, 4) is 0 Å². The quantitative estimate of drug-likeness (QED) is 0.195. The van der Waals surface area contributed by atoms with Crippen LogP contribution in [0.25, 0.3) is 10.9 Å². The molecule has 10 nitrogen and oxygen atoms in total. The molecule has 0 aliphatic carbocycles. The van der Waals surface area contributed by atoms with E-state index >= 15 is 0 Å². The second-order valence-electron chi connectivity index (χ2n) is 9.86. The molecule has 1 aromatic heterocycles. The van der Waals surface area contributed by atoms with Crippen molar-refractivity contribution in [2.45, 2.75) is 64.2 Å². The predicted octanol–water partition coefficient (Wildman–Crippen LogP) is 1.89. The third kappa shape index (κ3) is 7.90.